The maximum atomic E-state index is 10.9. The van der Waals surface area contributed by atoms with Crippen molar-refractivity contribution in [2.75, 3.05) is 13.6 Å². The Morgan fingerprint density at radius 3 is 3.00 bits per heavy atom. The smallest absolute Gasteiger partial charge is 0.231 e. The maximum Gasteiger partial charge on any atom is 0.231 e. The highest BCUT2D eigenvalue weighted by molar-refractivity contribution is 5.76. The zero-order valence-electron chi connectivity index (χ0n) is 8.96. The SMILES string of the molecule is CN(CC(N)=O)C12CCCC(CC1)C2. The first-order valence-electron chi connectivity index (χ1n) is 5.62. The van der Waals surface area contributed by atoms with E-state index in [1.807, 2.05) is 0 Å². The van der Waals surface area contributed by atoms with Gasteiger partial charge in [0.15, 0.2) is 0 Å². The van der Waals surface area contributed by atoms with Crippen molar-refractivity contribution >= 4 is 5.91 Å². The molecule has 0 aromatic carbocycles. The van der Waals surface area contributed by atoms with E-state index in [2.05, 4.69) is 11.9 Å². The first kappa shape index (κ1) is 9.97. The van der Waals surface area contributed by atoms with Gasteiger partial charge in [0.1, 0.15) is 0 Å². The van der Waals surface area contributed by atoms with Crippen molar-refractivity contribution < 1.29 is 4.79 Å². The normalized spacial score (nSPS) is 36.3. The van der Waals surface area contributed by atoms with Crippen molar-refractivity contribution in [3.05, 3.63) is 0 Å². The lowest BCUT2D eigenvalue weighted by atomic mass is 9.82. The summed E-state index contributed by atoms with van der Waals surface area (Å²) in [6.07, 6.45) is 7.88. The lowest BCUT2D eigenvalue weighted by Crippen LogP contribution is -2.49. The van der Waals surface area contributed by atoms with Gasteiger partial charge in [0.25, 0.3) is 0 Å². The van der Waals surface area contributed by atoms with Crippen molar-refractivity contribution in [2.24, 2.45) is 11.7 Å². The number of likely N-dealkylation sites (N-methyl/N-ethyl adjacent to an activating group) is 1. The van der Waals surface area contributed by atoms with Gasteiger partial charge in [-0.15, -0.1) is 0 Å². The third-order valence-electron chi connectivity index (χ3n) is 4.14. The van der Waals surface area contributed by atoms with Crippen LogP contribution in [0.3, 0.4) is 0 Å². The van der Waals surface area contributed by atoms with Gasteiger partial charge in [-0.1, -0.05) is 12.8 Å². The summed E-state index contributed by atoms with van der Waals surface area (Å²) in [4.78, 5) is 13.1. The van der Waals surface area contributed by atoms with Gasteiger partial charge in [-0.2, -0.15) is 0 Å². The Bertz CT molecular complexity index is 237. The van der Waals surface area contributed by atoms with Crippen molar-refractivity contribution in [1.82, 2.24) is 4.90 Å². The van der Waals surface area contributed by atoms with E-state index in [4.69, 9.17) is 5.73 Å². The van der Waals surface area contributed by atoms with Gasteiger partial charge in [-0.3, -0.25) is 9.69 Å². The largest absolute Gasteiger partial charge is 0.369 e. The number of hydrogen-bond donors (Lipinski definition) is 1. The molecule has 0 spiro atoms. The molecule has 1 amide bonds. The summed E-state index contributed by atoms with van der Waals surface area (Å²) < 4.78 is 0. The van der Waals surface area contributed by atoms with Crippen LogP contribution < -0.4 is 5.73 Å². The minimum atomic E-state index is -0.198. The average Bonchev–Trinajstić information content (AvgIpc) is 2.42. The quantitative estimate of drug-likeness (QED) is 0.735. The monoisotopic (exact) mass is 196 g/mol. The molecule has 3 nitrogen and oxygen atoms in total. The fraction of sp³-hybridized carbons (Fsp3) is 0.909. The molecule has 0 aromatic heterocycles. The summed E-state index contributed by atoms with van der Waals surface area (Å²) in [5, 5.41) is 0. The summed E-state index contributed by atoms with van der Waals surface area (Å²) in [6.45, 7) is 0.423. The van der Waals surface area contributed by atoms with Crippen LogP contribution in [0.4, 0.5) is 0 Å². The summed E-state index contributed by atoms with van der Waals surface area (Å²) in [6, 6.07) is 0. The predicted molar refractivity (Wildman–Crippen MR) is 55.7 cm³/mol. The predicted octanol–water partition coefficient (Wildman–Crippen LogP) is 1.13. The van der Waals surface area contributed by atoms with Crippen LogP contribution in [0.1, 0.15) is 38.5 Å². The van der Waals surface area contributed by atoms with Crippen LogP contribution in [-0.2, 0) is 4.79 Å². The third-order valence-corrected chi connectivity index (χ3v) is 4.14. The molecule has 2 fully saturated rings. The molecule has 2 atom stereocenters. The van der Waals surface area contributed by atoms with E-state index >= 15 is 0 Å². The summed E-state index contributed by atoms with van der Waals surface area (Å²) in [5.74, 6) is 0.718. The molecule has 2 aliphatic carbocycles. The Hall–Kier alpha value is -0.570. The van der Waals surface area contributed by atoms with Gasteiger partial charge >= 0.3 is 0 Å². The van der Waals surface area contributed by atoms with E-state index < -0.39 is 0 Å². The Kier molecular flexibility index (Phi) is 2.52. The zero-order valence-corrected chi connectivity index (χ0v) is 8.96. The second-order valence-electron chi connectivity index (χ2n) is 5.05. The third kappa shape index (κ3) is 1.65. The maximum absolute atomic E-state index is 10.9. The van der Waals surface area contributed by atoms with Gasteiger partial charge < -0.3 is 5.73 Å². The molecule has 0 aliphatic heterocycles. The molecule has 2 unspecified atom stereocenters. The highest BCUT2D eigenvalue weighted by atomic mass is 16.1. The lowest BCUT2D eigenvalue weighted by Gasteiger charge is -2.41. The summed E-state index contributed by atoms with van der Waals surface area (Å²) in [7, 11) is 2.05. The van der Waals surface area contributed by atoms with Crippen molar-refractivity contribution in [3.8, 4) is 0 Å². The Morgan fingerprint density at radius 2 is 2.29 bits per heavy atom. The molecular weight excluding hydrogens is 176 g/mol. The molecule has 0 saturated heterocycles. The fourth-order valence-corrected chi connectivity index (χ4v) is 3.35. The Morgan fingerprint density at radius 1 is 1.50 bits per heavy atom. The minimum absolute atomic E-state index is 0.198. The zero-order chi connectivity index (χ0) is 10.2. The van der Waals surface area contributed by atoms with Gasteiger partial charge in [0.2, 0.25) is 5.91 Å². The van der Waals surface area contributed by atoms with Crippen LogP contribution in [0.5, 0.6) is 0 Å². The molecule has 0 aromatic rings. The highest BCUT2D eigenvalue weighted by Crippen LogP contribution is 2.47. The van der Waals surface area contributed by atoms with Gasteiger partial charge in [-0.05, 0) is 38.6 Å². The van der Waals surface area contributed by atoms with E-state index in [-0.39, 0.29) is 5.91 Å². The molecule has 0 radical (unpaired) electrons. The molecule has 0 heterocycles. The number of nitrogens with zero attached hydrogens (tertiary/aromatic N) is 1. The number of rotatable bonds is 3. The Balaban J connectivity index is 2.04. The average molecular weight is 196 g/mol. The molecular formula is C11H20N2O. The number of hydrogen-bond acceptors (Lipinski definition) is 2. The lowest BCUT2D eigenvalue weighted by molar-refractivity contribution is -0.120. The molecule has 2 aliphatic rings. The van der Waals surface area contributed by atoms with Crippen LogP contribution in [0.2, 0.25) is 0 Å². The molecule has 80 valence electrons. The van der Waals surface area contributed by atoms with Gasteiger partial charge in [0, 0.05) is 5.54 Å². The van der Waals surface area contributed by atoms with E-state index in [1.165, 1.54) is 38.5 Å². The van der Waals surface area contributed by atoms with Crippen molar-refractivity contribution in [3.63, 3.8) is 0 Å². The van der Waals surface area contributed by atoms with Crippen LogP contribution in [0, 0.1) is 5.92 Å². The van der Waals surface area contributed by atoms with E-state index in [9.17, 15) is 4.79 Å². The van der Waals surface area contributed by atoms with Crippen LogP contribution in [0.15, 0.2) is 0 Å². The second-order valence-corrected chi connectivity index (χ2v) is 5.05. The van der Waals surface area contributed by atoms with Crippen LogP contribution in [-0.4, -0.2) is 29.9 Å². The first-order chi connectivity index (χ1) is 6.62. The van der Waals surface area contributed by atoms with Crippen molar-refractivity contribution in [2.45, 2.75) is 44.1 Å². The highest BCUT2D eigenvalue weighted by Gasteiger charge is 2.44. The molecule has 2 bridgehead atoms. The molecule has 2 rings (SSSR count). The summed E-state index contributed by atoms with van der Waals surface area (Å²) >= 11 is 0. The van der Waals surface area contributed by atoms with Gasteiger partial charge in [-0.25, -0.2) is 0 Å². The first-order valence-corrected chi connectivity index (χ1v) is 5.62. The molecule has 2 N–H and O–H groups in total. The molecule has 14 heavy (non-hydrogen) atoms. The number of carbonyl (C=O) groups excluding carboxylic acids is 1. The summed E-state index contributed by atoms with van der Waals surface area (Å²) in [5.41, 5.74) is 5.56. The number of fused-ring (bicyclic) bond motifs is 2. The number of nitrogens with two attached hydrogens (primary N) is 1. The van der Waals surface area contributed by atoms with E-state index in [1.54, 1.807) is 0 Å². The Labute approximate surface area is 85.6 Å². The topological polar surface area (TPSA) is 46.3 Å². The minimum Gasteiger partial charge on any atom is -0.369 e. The fourth-order valence-electron chi connectivity index (χ4n) is 3.35. The van der Waals surface area contributed by atoms with E-state index in [0.29, 0.717) is 12.1 Å². The van der Waals surface area contributed by atoms with E-state index in [0.717, 1.165) is 5.92 Å². The van der Waals surface area contributed by atoms with Crippen molar-refractivity contribution in [1.29, 1.82) is 0 Å². The second kappa shape index (κ2) is 3.54. The van der Waals surface area contributed by atoms with Crippen LogP contribution in [0.25, 0.3) is 0 Å². The van der Waals surface area contributed by atoms with Crippen LogP contribution >= 0.6 is 0 Å². The number of amides is 1. The molecule has 2 saturated carbocycles. The standard InChI is InChI=1S/C11H20N2O/c1-13(8-10(12)14)11-5-2-3-9(7-11)4-6-11/h9H,2-8H2,1H3,(H2,12,14). The molecule has 3 heteroatoms. The number of carbonyl (C=O) groups is 1. The number of primary amides is 1. The van der Waals surface area contributed by atoms with Gasteiger partial charge in [0.05, 0.1) is 6.54 Å².